The molecule has 0 saturated heterocycles. The predicted molar refractivity (Wildman–Crippen MR) is 82.0 cm³/mol. The molecule has 0 saturated carbocycles. The minimum absolute atomic E-state index is 0. The summed E-state index contributed by atoms with van der Waals surface area (Å²) < 4.78 is 0. The van der Waals surface area contributed by atoms with Gasteiger partial charge in [0.1, 0.15) is 0 Å². The molecular formula is C11H38N2OSi. The zero-order valence-electron chi connectivity index (χ0n) is 7.11. The van der Waals surface area contributed by atoms with Gasteiger partial charge in [0.2, 0.25) is 5.91 Å². The van der Waals surface area contributed by atoms with Crippen molar-refractivity contribution < 1.29 is 4.79 Å². The Morgan fingerprint density at radius 2 is 1.33 bits per heavy atom. The summed E-state index contributed by atoms with van der Waals surface area (Å²) in [7, 11) is 0. The van der Waals surface area contributed by atoms with Crippen molar-refractivity contribution in [3.05, 3.63) is 0 Å². The quantitative estimate of drug-likeness (QED) is 0.723. The van der Waals surface area contributed by atoms with E-state index in [0.717, 1.165) is 13.1 Å². The second-order valence-electron chi connectivity index (χ2n) is 1.72. The standard InChI is InChI=1S/C5H11NO.C2H7N.4CH4.H4Si/c1-3-5(7)6-4-2;1-2-3;;;;;/h3-4H2,1-2H3,(H,6,7);2-3H2,1H3;5*1H4. The Labute approximate surface area is 103 Å². The largest absolute Gasteiger partial charge is 0.356 e. The molecule has 102 valence electrons. The molecule has 1 amide bonds. The first-order valence-electron chi connectivity index (χ1n) is 3.69. The molecule has 0 heterocycles. The van der Waals surface area contributed by atoms with E-state index in [4.69, 9.17) is 5.73 Å². The van der Waals surface area contributed by atoms with Gasteiger partial charge >= 0.3 is 0 Å². The topological polar surface area (TPSA) is 55.1 Å². The highest BCUT2D eigenvalue weighted by molar-refractivity contribution is 5.75. The fourth-order valence-corrected chi connectivity index (χ4v) is 0.322. The molecule has 4 heteroatoms. The van der Waals surface area contributed by atoms with E-state index in [9.17, 15) is 4.79 Å². The minimum Gasteiger partial charge on any atom is -0.356 e. The maximum atomic E-state index is 10.3. The molecule has 0 aromatic heterocycles. The molecule has 0 radical (unpaired) electrons. The van der Waals surface area contributed by atoms with Crippen LogP contribution in [0.2, 0.25) is 0 Å². The van der Waals surface area contributed by atoms with Crippen molar-refractivity contribution in [2.45, 2.75) is 56.9 Å². The fraction of sp³-hybridized carbons (Fsp3) is 0.909. The molecule has 0 rings (SSSR count). The lowest BCUT2D eigenvalue weighted by Crippen LogP contribution is -2.20. The Bertz CT molecular complexity index is 81.0. The Morgan fingerprint density at radius 1 is 1.07 bits per heavy atom. The monoisotopic (exact) mass is 242 g/mol. The number of carbonyl (C=O) groups is 1. The van der Waals surface area contributed by atoms with E-state index in [2.05, 4.69) is 5.32 Å². The molecule has 0 bridgehead atoms. The lowest BCUT2D eigenvalue weighted by atomic mass is 10.4. The van der Waals surface area contributed by atoms with Crippen LogP contribution >= 0.6 is 0 Å². The Balaban J connectivity index is -0.0000000147. The Kier molecular flexibility index (Phi) is 154. The number of amides is 1. The number of hydrogen-bond donors (Lipinski definition) is 2. The summed E-state index contributed by atoms with van der Waals surface area (Å²) in [4.78, 5) is 10.3. The molecule has 0 aliphatic heterocycles. The van der Waals surface area contributed by atoms with Crippen molar-refractivity contribution in [1.29, 1.82) is 0 Å². The summed E-state index contributed by atoms with van der Waals surface area (Å²) in [6.07, 6.45) is 0.591. The van der Waals surface area contributed by atoms with Crippen LogP contribution in [0.15, 0.2) is 0 Å². The maximum Gasteiger partial charge on any atom is 0.219 e. The normalized spacial score (nSPS) is 5.07. The minimum atomic E-state index is 0. The zero-order chi connectivity index (χ0) is 8.41. The van der Waals surface area contributed by atoms with Crippen molar-refractivity contribution in [2.75, 3.05) is 13.1 Å². The van der Waals surface area contributed by atoms with E-state index in [1.54, 1.807) is 0 Å². The first-order valence-corrected chi connectivity index (χ1v) is 3.69. The zero-order valence-corrected chi connectivity index (χ0v) is 7.11. The van der Waals surface area contributed by atoms with Crippen LogP contribution in [-0.2, 0) is 4.79 Å². The summed E-state index contributed by atoms with van der Waals surface area (Å²) in [5, 5.41) is 2.66. The SMILES string of the molecule is C.C.C.C.CCN.CCNC(=O)CC.[SiH4]. The number of nitrogens with one attached hydrogen (secondary N) is 1. The van der Waals surface area contributed by atoms with Crippen molar-refractivity contribution >= 4 is 16.9 Å². The van der Waals surface area contributed by atoms with E-state index in [1.807, 2.05) is 20.8 Å². The van der Waals surface area contributed by atoms with Gasteiger partial charge in [-0.2, -0.15) is 0 Å². The van der Waals surface area contributed by atoms with E-state index in [0.29, 0.717) is 6.42 Å². The lowest BCUT2D eigenvalue weighted by Gasteiger charge is -1.93. The first kappa shape index (κ1) is 46.6. The number of hydrogen-bond acceptors (Lipinski definition) is 2. The van der Waals surface area contributed by atoms with Crippen LogP contribution in [-0.4, -0.2) is 30.0 Å². The van der Waals surface area contributed by atoms with Gasteiger partial charge < -0.3 is 11.1 Å². The van der Waals surface area contributed by atoms with E-state index < -0.39 is 0 Å². The molecule has 15 heavy (non-hydrogen) atoms. The average Bonchev–Trinajstić information content (AvgIpc) is 1.90. The van der Waals surface area contributed by atoms with Crippen LogP contribution in [0.3, 0.4) is 0 Å². The molecule has 0 spiro atoms. The smallest absolute Gasteiger partial charge is 0.219 e. The molecule has 0 aromatic rings. The Morgan fingerprint density at radius 3 is 1.40 bits per heavy atom. The van der Waals surface area contributed by atoms with E-state index in [-0.39, 0.29) is 46.6 Å². The first-order chi connectivity index (χ1) is 4.72. The van der Waals surface area contributed by atoms with Crippen LogP contribution in [0.5, 0.6) is 0 Å². The molecule has 3 nitrogen and oxygen atoms in total. The van der Waals surface area contributed by atoms with Gasteiger partial charge in [-0.05, 0) is 24.4 Å². The average molecular weight is 243 g/mol. The molecule has 0 aromatic carbocycles. The third-order valence-corrected chi connectivity index (χ3v) is 0.695. The third-order valence-electron chi connectivity index (χ3n) is 0.695. The van der Waals surface area contributed by atoms with Crippen LogP contribution in [0.25, 0.3) is 0 Å². The predicted octanol–water partition coefficient (Wildman–Crippen LogP) is 1.59. The number of rotatable bonds is 2. The molecule has 0 unspecified atom stereocenters. The number of nitrogens with two attached hydrogens (primary N) is 1. The number of carbonyl (C=O) groups excluding carboxylic acids is 1. The van der Waals surface area contributed by atoms with Crippen molar-refractivity contribution in [2.24, 2.45) is 5.73 Å². The molecule has 3 N–H and O–H groups in total. The molecule has 0 aliphatic rings. The fourth-order valence-electron chi connectivity index (χ4n) is 0.322. The third kappa shape index (κ3) is 85.7. The van der Waals surface area contributed by atoms with Crippen LogP contribution in [0.4, 0.5) is 0 Å². The van der Waals surface area contributed by atoms with Crippen molar-refractivity contribution in [3.8, 4) is 0 Å². The summed E-state index contributed by atoms with van der Waals surface area (Å²) in [6.45, 7) is 7.14. The maximum absolute atomic E-state index is 10.3. The van der Waals surface area contributed by atoms with Crippen LogP contribution in [0, 0.1) is 0 Å². The van der Waals surface area contributed by atoms with Gasteiger partial charge in [0.15, 0.2) is 0 Å². The summed E-state index contributed by atoms with van der Waals surface area (Å²) in [5.74, 6) is 0.127. The van der Waals surface area contributed by atoms with E-state index in [1.165, 1.54) is 0 Å². The van der Waals surface area contributed by atoms with Gasteiger partial charge in [0, 0.05) is 13.0 Å². The second kappa shape index (κ2) is 49.4. The highest BCUT2D eigenvalue weighted by Crippen LogP contribution is 1.70. The van der Waals surface area contributed by atoms with Gasteiger partial charge in [0.25, 0.3) is 0 Å². The van der Waals surface area contributed by atoms with Crippen molar-refractivity contribution in [1.82, 2.24) is 5.32 Å². The van der Waals surface area contributed by atoms with Gasteiger partial charge in [-0.25, -0.2) is 0 Å². The summed E-state index contributed by atoms with van der Waals surface area (Å²) in [6, 6.07) is 0. The molecule has 0 fully saturated rings. The molecule has 0 atom stereocenters. The second-order valence-corrected chi connectivity index (χ2v) is 1.72. The van der Waals surface area contributed by atoms with Gasteiger partial charge in [-0.3, -0.25) is 4.79 Å². The van der Waals surface area contributed by atoms with E-state index >= 15 is 0 Å². The van der Waals surface area contributed by atoms with Gasteiger partial charge in [-0.1, -0.05) is 43.6 Å². The lowest BCUT2D eigenvalue weighted by molar-refractivity contribution is -0.120. The van der Waals surface area contributed by atoms with Crippen LogP contribution in [0.1, 0.15) is 56.9 Å². The highest BCUT2D eigenvalue weighted by atomic mass is 28.1. The summed E-state index contributed by atoms with van der Waals surface area (Å²) in [5.41, 5.74) is 4.85. The molecular weight excluding hydrogens is 204 g/mol. The highest BCUT2D eigenvalue weighted by Gasteiger charge is 1.88. The summed E-state index contributed by atoms with van der Waals surface area (Å²) >= 11 is 0. The van der Waals surface area contributed by atoms with Gasteiger partial charge in [0.05, 0.1) is 0 Å². The molecule has 0 aliphatic carbocycles. The van der Waals surface area contributed by atoms with Gasteiger partial charge in [-0.15, -0.1) is 0 Å². The Hall–Kier alpha value is -0.353. The van der Waals surface area contributed by atoms with Crippen LogP contribution < -0.4 is 11.1 Å². The van der Waals surface area contributed by atoms with Crippen molar-refractivity contribution in [3.63, 3.8) is 0 Å².